The van der Waals surface area contributed by atoms with Crippen LogP contribution in [0, 0.1) is 0 Å². The number of carbonyl (C=O) groups excluding carboxylic acids is 2. The van der Waals surface area contributed by atoms with Crippen LogP contribution in [-0.2, 0) is 9.59 Å². The number of anilines is 1. The number of hydrogen-bond donors (Lipinski definition) is 2. The minimum atomic E-state index is -0.296. The number of nitrogens with zero attached hydrogens (tertiary/aromatic N) is 1. The molecule has 0 radical (unpaired) electrons. The molecule has 22 heavy (non-hydrogen) atoms. The third-order valence-electron chi connectivity index (χ3n) is 2.97. The van der Waals surface area contributed by atoms with Gasteiger partial charge in [-0.2, -0.15) is 0 Å². The predicted molar refractivity (Wildman–Crippen MR) is 90.5 cm³/mol. The van der Waals surface area contributed by atoms with Gasteiger partial charge in [0.1, 0.15) is 0 Å². The summed E-state index contributed by atoms with van der Waals surface area (Å²) in [4.78, 5) is 25.7. The van der Waals surface area contributed by atoms with Gasteiger partial charge < -0.3 is 15.5 Å². The van der Waals surface area contributed by atoms with E-state index in [9.17, 15) is 9.59 Å². The van der Waals surface area contributed by atoms with E-state index < -0.39 is 0 Å². The van der Waals surface area contributed by atoms with Crippen LogP contribution in [0.4, 0.5) is 5.69 Å². The van der Waals surface area contributed by atoms with Gasteiger partial charge in [0.15, 0.2) is 0 Å². The Morgan fingerprint density at radius 1 is 1.27 bits per heavy atom. The first-order valence-corrected chi connectivity index (χ1v) is 7.90. The normalized spacial score (nSPS) is 10.4. The van der Waals surface area contributed by atoms with Crippen molar-refractivity contribution in [3.8, 4) is 0 Å². The average molecular weight is 346 g/mol. The Hall–Kier alpha value is -1.30. The number of rotatable bonds is 8. The Kier molecular flexibility index (Phi) is 8.24. The Bertz CT molecular complexity index is 524. The molecule has 7 heteroatoms. The number of carbonyl (C=O) groups is 2. The molecule has 0 unspecified atom stereocenters. The van der Waals surface area contributed by atoms with Crippen molar-refractivity contribution in [3.05, 3.63) is 28.2 Å². The van der Waals surface area contributed by atoms with Crippen LogP contribution in [0.3, 0.4) is 0 Å². The SMILES string of the molecule is CCCN(CC(=O)Nc1cc(Cl)ccc1Cl)C(=O)CCNC. The average Bonchev–Trinajstić information content (AvgIpc) is 2.48. The molecular weight excluding hydrogens is 325 g/mol. The van der Waals surface area contributed by atoms with Crippen molar-refractivity contribution in [3.63, 3.8) is 0 Å². The lowest BCUT2D eigenvalue weighted by atomic mass is 10.3. The molecule has 2 N–H and O–H groups in total. The predicted octanol–water partition coefficient (Wildman–Crippen LogP) is 2.78. The van der Waals surface area contributed by atoms with Crippen molar-refractivity contribution in [1.29, 1.82) is 0 Å². The molecule has 2 amide bonds. The lowest BCUT2D eigenvalue weighted by Crippen LogP contribution is -2.39. The molecule has 122 valence electrons. The van der Waals surface area contributed by atoms with Gasteiger partial charge in [0, 0.05) is 24.5 Å². The highest BCUT2D eigenvalue weighted by Crippen LogP contribution is 2.25. The third-order valence-corrected chi connectivity index (χ3v) is 3.54. The van der Waals surface area contributed by atoms with Gasteiger partial charge in [-0.25, -0.2) is 0 Å². The minimum absolute atomic E-state index is 0.000764. The van der Waals surface area contributed by atoms with Crippen molar-refractivity contribution < 1.29 is 9.59 Å². The summed E-state index contributed by atoms with van der Waals surface area (Å²) < 4.78 is 0. The van der Waals surface area contributed by atoms with E-state index in [0.717, 1.165) is 6.42 Å². The summed E-state index contributed by atoms with van der Waals surface area (Å²) >= 11 is 11.9. The first-order chi connectivity index (χ1) is 10.5. The molecule has 0 aliphatic heterocycles. The van der Waals surface area contributed by atoms with Gasteiger partial charge in [-0.1, -0.05) is 30.1 Å². The molecule has 0 aliphatic carbocycles. The first kappa shape index (κ1) is 18.7. The Morgan fingerprint density at radius 3 is 2.64 bits per heavy atom. The van der Waals surface area contributed by atoms with E-state index in [1.165, 1.54) is 0 Å². The second-order valence-corrected chi connectivity index (χ2v) is 5.68. The zero-order valence-electron chi connectivity index (χ0n) is 12.8. The van der Waals surface area contributed by atoms with Crippen LogP contribution in [0.1, 0.15) is 19.8 Å². The summed E-state index contributed by atoms with van der Waals surface area (Å²) in [5, 5.41) is 6.49. The van der Waals surface area contributed by atoms with Gasteiger partial charge in [-0.15, -0.1) is 0 Å². The maximum atomic E-state index is 12.1. The van der Waals surface area contributed by atoms with E-state index in [2.05, 4.69) is 10.6 Å². The summed E-state index contributed by atoms with van der Waals surface area (Å²) in [5.41, 5.74) is 0.443. The summed E-state index contributed by atoms with van der Waals surface area (Å²) in [6.45, 7) is 3.09. The molecule has 1 aromatic rings. The zero-order valence-corrected chi connectivity index (χ0v) is 14.3. The minimum Gasteiger partial charge on any atom is -0.333 e. The molecule has 0 saturated heterocycles. The van der Waals surface area contributed by atoms with Crippen molar-refractivity contribution >= 4 is 40.7 Å². The van der Waals surface area contributed by atoms with Crippen LogP contribution in [0.5, 0.6) is 0 Å². The maximum Gasteiger partial charge on any atom is 0.244 e. The molecular formula is C15H21Cl2N3O2. The lowest BCUT2D eigenvalue weighted by molar-refractivity contribution is -0.134. The third kappa shape index (κ3) is 6.22. The molecule has 0 saturated carbocycles. The van der Waals surface area contributed by atoms with Crippen LogP contribution < -0.4 is 10.6 Å². The molecule has 0 heterocycles. The smallest absolute Gasteiger partial charge is 0.244 e. The van der Waals surface area contributed by atoms with Crippen LogP contribution in [0.25, 0.3) is 0 Å². The first-order valence-electron chi connectivity index (χ1n) is 7.15. The Morgan fingerprint density at radius 2 is 2.00 bits per heavy atom. The Labute approximate surface area is 141 Å². The molecule has 0 aliphatic rings. The van der Waals surface area contributed by atoms with Gasteiger partial charge in [0.2, 0.25) is 11.8 Å². The van der Waals surface area contributed by atoms with Gasteiger partial charge in [0.05, 0.1) is 17.3 Å². The van der Waals surface area contributed by atoms with Gasteiger partial charge in [-0.3, -0.25) is 9.59 Å². The summed E-state index contributed by atoms with van der Waals surface area (Å²) in [6.07, 6.45) is 1.15. The Balaban J connectivity index is 2.66. The number of amides is 2. The molecule has 0 aromatic heterocycles. The van der Waals surface area contributed by atoms with E-state index in [4.69, 9.17) is 23.2 Å². The maximum absolute atomic E-state index is 12.1. The highest BCUT2D eigenvalue weighted by molar-refractivity contribution is 6.35. The topological polar surface area (TPSA) is 61.4 Å². The number of benzene rings is 1. The van der Waals surface area contributed by atoms with Gasteiger partial charge >= 0.3 is 0 Å². The second-order valence-electron chi connectivity index (χ2n) is 4.84. The number of hydrogen-bond acceptors (Lipinski definition) is 3. The van der Waals surface area contributed by atoms with Crippen LogP contribution >= 0.6 is 23.2 Å². The second kappa shape index (κ2) is 9.66. The van der Waals surface area contributed by atoms with E-state index in [1.807, 2.05) is 6.92 Å². The van der Waals surface area contributed by atoms with E-state index in [0.29, 0.717) is 35.2 Å². The van der Waals surface area contributed by atoms with E-state index in [-0.39, 0.29) is 18.4 Å². The fraction of sp³-hybridized carbons (Fsp3) is 0.467. The van der Waals surface area contributed by atoms with Crippen LogP contribution in [0.2, 0.25) is 10.0 Å². The van der Waals surface area contributed by atoms with Crippen molar-refractivity contribution in [2.45, 2.75) is 19.8 Å². The molecule has 1 rings (SSSR count). The van der Waals surface area contributed by atoms with Gasteiger partial charge in [-0.05, 0) is 31.7 Å². The molecule has 0 fully saturated rings. The fourth-order valence-corrected chi connectivity index (χ4v) is 2.25. The molecule has 1 aromatic carbocycles. The van der Waals surface area contributed by atoms with Crippen molar-refractivity contribution in [2.24, 2.45) is 0 Å². The van der Waals surface area contributed by atoms with Crippen LogP contribution in [0.15, 0.2) is 18.2 Å². The van der Waals surface area contributed by atoms with Crippen molar-refractivity contribution in [2.75, 3.05) is 32.0 Å². The van der Waals surface area contributed by atoms with E-state index in [1.54, 1.807) is 30.1 Å². The van der Waals surface area contributed by atoms with Crippen molar-refractivity contribution in [1.82, 2.24) is 10.2 Å². The van der Waals surface area contributed by atoms with Gasteiger partial charge in [0.25, 0.3) is 0 Å². The lowest BCUT2D eigenvalue weighted by Gasteiger charge is -2.21. The number of halogens is 2. The number of nitrogens with one attached hydrogen (secondary N) is 2. The summed E-state index contributed by atoms with van der Waals surface area (Å²) in [7, 11) is 1.78. The molecule has 5 nitrogen and oxygen atoms in total. The monoisotopic (exact) mass is 345 g/mol. The highest BCUT2D eigenvalue weighted by atomic mass is 35.5. The summed E-state index contributed by atoms with van der Waals surface area (Å²) in [6, 6.07) is 4.83. The summed E-state index contributed by atoms with van der Waals surface area (Å²) in [5.74, 6) is -0.348. The fourth-order valence-electron chi connectivity index (χ4n) is 1.91. The standard InChI is InChI=1S/C15H21Cl2N3O2/c1-3-8-20(15(22)6-7-18-2)10-14(21)19-13-9-11(16)4-5-12(13)17/h4-5,9,18H,3,6-8,10H2,1-2H3,(H,19,21). The van der Waals surface area contributed by atoms with Crippen LogP contribution in [-0.4, -0.2) is 43.4 Å². The molecule has 0 atom stereocenters. The molecule has 0 bridgehead atoms. The quantitative estimate of drug-likeness (QED) is 0.761. The molecule has 0 spiro atoms. The zero-order chi connectivity index (χ0) is 16.5. The largest absolute Gasteiger partial charge is 0.333 e. The van der Waals surface area contributed by atoms with E-state index >= 15 is 0 Å². The highest BCUT2D eigenvalue weighted by Gasteiger charge is 2.16.